The van der Waals surface area contributed by atoms with E-state index >= 15 is 0 Å². The monoisotopic (exact) mass is 472 g/mol. The maximum atomic E-state index is 13.6. The van der Waals surface area contributed by atoms with Crippen LogP contribution in [-0.4, -0.2) is 37.0 Å². The molecule has 0 aromatic heterocycles. The number of rotatable bonds is 1. The number of alkyl halides is 3. The second-order valence-corrected chi connectivity index (χ2v) is 10.4. The van der Waals surface area contributed by atoms with Crippen molar-refractivity contribution in [3.63, 3.8) is 0 Å². The van der Waals surface area contributed by atoms with Crippen LogP contribution in [0.5, 0.6) is 5.75 Å². The van der Waals surface area contributed by atoms with Crippen LogP contribution in [0.4, 0.5) is 28.9 Å². The Labute approximate surface area is 184 Å². The molecule has 0 unspecified atom stereocenters. The topological polar surface area (TPSA) is 60.9 Å². The van der Waals surface area contributed by atoms with Crippen LogP contribution in [-0.2, 0) is 16.2 Å². The summed E-state index contributed by atoms with van der Waals surface area (Å²) in [6, 6.07) is 6.56. The minimum absolute atomic E-state index is 0.115. The molecule has 1 aliphatic heterocycles. The summed E-state index contributed by atoms with van der Waals surface area (Å²) in [5.41, 5.74) is -1.98. The quantitative estimate of drug-likeness (QED) is 0.564. The van der Waals surface area contributed by atoms with Crippen molar-refractivity contribution in [1.82, 2.24) is 4.31 Å². The first-order valence-electron chi connectivity index (χ1n) is 10.4. The van der Waals surface area contributed by atoms with E-state index in [-0.39, 0.29) is 12.2 Å². The smallest absolute Gasteiger partial charge is 0.420 e. The van der Waals surface area contributed by atoms with Crippen molar-refractivity contribution in [1.29, 1.82) is 0 Å². The van der Waals surface area contributed by atoms with E-state index in [1.165, 1.54) is 40.5 Å². The number of benzene rings is 2. The normalized spacial score (nSPS) is 21.1. The highest BCUT2D eigenvalue weighted by atomic mass is 32.2. The number of aromatic hydroxyl groups is 1. The van der Waals surface area contributed by atoms with Gasteiger partial charge >= 0.3 is 6.18 Å². The van der Waals surface area contributed by atoms with Gasteiger partial charge in [-0.2, -0.15) is 17.5 Å². The molecule has 0 radical (unpaired) electrons. The SMILES string of the molecule is CN1C2(CCCCCC2)CN(c2ccc(F)cc2)c2cc(C(F)(F)F)c(O)cc2S1(=O)=O. The van der Waals surface area contributed by atoms with Gasteiger partial charge in [-0.3, -0.25) is 0 Å². The molecule has 2 aromatic rings. The number of halogens is 4. The summed E-state index contributed by atoms with van der Waals surface area (Å²) >= 11 is 0. The van der Waals surface area contributed by atoms with Gasteiger partial charge in [-0.1, -0.05) is 25.7 Å². The molecule has 10 heteroatoms. The second kappa shape index (κ2) is 7.91. The molecule has 1 spiro atoms. The molecule has 0 bridgehead atoms. The van der Waals surface area contributed by atoms with E-state index in [0.717, 1.165) is 25.7 Å². The van der Waals surface area contributed by atoms with Crippen LogP contribution in [0, 0.1) is 5.82 Å². The van der Waals surface area contributed by atoms with Crippen molar-refractivity contribution < 1.29 is 31.1 Å². The van der Waals surface area contributed by atoms with Gasteiger partial charge in [0.15, 0.2) is 0 Å². The number of likely N-dealkylation sites (N-methyl/N-ethyl adjacent to an activating group) is 1. The minimum Gasteiger partial charge on any atom is -0.507 e. The Bertz CT molecular complexity index is 1110. The standard InChI is InChI=1S/C22H24F4N2O3S/c1-27-21(10-4-2-3-5-11-21)14-28(16-8-6-15(23)7-9-16)18-12-17(22(24,25)26)19(29)13-20(18)32(27,30)31/h6-9,12-13,29H,2-5,10-11,14H2,1H3. The number of hydrogen-bond acceptors (Lipinski definition) is 4. The van der Waals surface area contributed by atoms with E-state index in [9.17, 15) is 31.1 Å². The Kier molecular flexibility index (Phi) is 5.65. The molecule has 1 saturated carbocycles. The molecule has 2 aromatic carbocycles. The maximum absolute atomic E-state index is 13.6. The number of sulfonamides is 1. The van der Waals surface area contributed by atoms with Gasteiger partial charge in [-0.05, 0) is 43.2 Å². The molecule has 2 aliphatic rings. The first-order valence-corrected chi connectivity index (χ1v) is 11.9. The predicted molar refractivity (Wildman–Crippen MR) is 112 cm³/mol. The Morgan fingerprint density at radius 1 is 1.00 bits per heavy atom. The van der Waals surface area contributed by atoms with Crippen LogP contribution < -0.4 is 4.90 Å². The molecular formula is C22H24F4N2O3S. The third-order valence-corrected chi connectivity index (χ3v) is 8.60. The average Bonchev–Trinajstić information content (AvgIpc) is 3.00. The highest BCUT2D eigenvalue weighted by molar-refractivity contribution is 7.89. The van der Waals surface area contributed by atoms with Gasteiger partial charge in [-0.25, -0.2) is 12.8 Å². The molecule has 5 nitrogen and oxygen atoms in total. The number of fused-ring (bicyclic) bond motifs is 1. The van der Waals surface area contributed by atoms with Gasteiger partial charge in [-0.15, -0.1) is 0 Å². The molecule has 0 atom stereocenters. The molecule has 174 valence electrons. The van der Waals surface area contributed by atoms with E-state index < -0.39 is 43.8 Å². The fourth-order valence-corrected chi connectivity index (χ4v) is 6.53. The summed E-state index contributed by atoms with van der Waals surface area (Å²) in [7, 11) is -2.77. The zero-order chi connectivity index (χ0) is 23.3. The average molecular weight is 473 g/mol. The van der Waals surface area contributed by atoms with Crippen molar-refractivity contribution in [3.05, 3.63) is 47.8 Å². The van der Waals surface area contributed by atoms with E-state index in [0.29, 0.717) is 30.7 Å². The van der Waals surface area contributed by atoms with Crippen molar-refractivity contribution >= 4 is 21.4 Å². The Hall–Kier alpha value is -2.33. The molecule has 1 heterocycles. The van der Waals surface area contributed by atoms with E-state index in [2.05, 4.69) is 0 Å². The Morgan fingerprint density at radius 2 is 1.59 bits per heavy atom. The van der Waals surface area contributed by atoms with Gasteiger partial charge in [0, 0.05) is 25.3 Å². The Morgan fingerprint density at radius 3 is 2.16 bits per heavy atom. The van der Waals surface area contributed by atoms with Gasteiger partial charge in [0.1, 0.15) is 16.5 Å². The number of hydrogen-bond donors (Lipinski definition) is 1. The van der Waals surface area contributed by atoms with Gasteiger partial charge in [0.05, 0.1) is 16.8 Å². The molecule has 4 rings (SSSR count). The predicted octanol–water partition coefficient (Wildman–Crippen LogP) is 5.42. The number of nitrogens with zero attached hydrogens (tertiary/aromatic N) is 2. The molecule has 0 saturated heterocycles. The third kappa shape index (κ3) is 3.83. The Balaban J connectivity index is 2.01. The highest BCUT2D eigenvalue weighted by Gasteiger charge is 2.48. The number of phenolic OH excluding ortho intramolecular Hbond substituents is 1. The van der Waals surface area contributed by atoms with Crippen molar-refractivity contribution in [3.8, 4) is 5.75 Å². The van der Waals surface area contributed by atoms with Crippen molar-refractivity contribution in [2.45, 2.75) is 55.1 Å². The van der Waals surface area contributed by atoms with Crippen molar-refractivity contribution in [2.75, 3.05) is 18.5 Å². The molecule has 32 heavy (non-hydrogen) atoms. The fraction of sp³-hybridized carbons (Fsp3) is 0.455. The van der Waals surface area contributed by atoms with Crippen molar-refractivity contribution in [2.24, 2.45) is 0 Å². The van der Waals surface area contributed by atoms with Crippen LogP contribution in [0.3, 0.4) is 0 Å². The molecule has 0 amide bonds. The van der Waals surface area contributed by atoms with Crippen LogP contribution in [0.1, 0.15) is 44.1 Å². The summed E-state index contributed by atoms with van der Waals surface area (Å²) < 4.78 is 82.8. The summed E-state index contributed by atoms with van der Waals surface area (Å²) in [6.07, 6.45) is -0.329. The zero-order valence-corrected chi connectivity index (χ0v) is 18.3. The van der Waals surface area contributed by atoms with Gasteiger partial charge in [0.2, 0.25) is 10.0 Å². The number of phenols is 1. The van der Waals surface area contributed by atoms with Crippen LogP contribution in [0.2, 0.25) is 0 Å². The second-order valence-electron chi connectivity index (χ2n) is 8.51. The lowest BCUT2D eigenvalue weighted by Crippen LogP contribution is -2.53. The van der Waals surface area contributed by atoms with E-state index in [4.69, 9.17) is 0 Å². The van der Waals surface area contributed by atoms with Gasteiger partial charge in [0.25, 0.3) is 0 Å². The summed E-state index contributed by atoms with van der Waals surface area (Å²) in [5, 5.41) is 10.1. The minimum atomic E-state index is -4.88. The maximum Gasteiger partial charge on any atom is 0.420 e. The summed E-state index contributed by atoms with van der Waals surface area (Å²) in [6.45, 7) is 0.115. The molecule has 1 aliphatic carbocycles. The van der Waals surface area contributed by atoms with Gasteiger partial charge < -0.3 is 10.0 Å². The fourth-order valence-electron chi connectivity index (χ4n) is 4.79. The third-order valence-electron chi connectivity index (χ3n) is 6.60. The summed E-state index contributed by atoms with van der Waals surface area (Å²) in [4.78, 5) is 1.10. The largest absolute Gasteiger partial charge is 0.507 e. The highest BCUT2D eigenvalue weighted by Crippen LogP contribution is 2.48. The lowest BCUT2D eigenvalue weighted by atomic mass is 9.89. The van der Waals surface area contributed by atoms with Crippen LogP contribution in [0.15, 0.2) is 41.3 Å². The first-order chi connectivity index (χ1) is 15.0. The zero-order valence-electron chi connectivity index (χ0n) is 17.5. The lowest BCUT2D eigenvalue weighted by molar-refractivity contribution is -0.138. The molecule has 1 fully saturated rings. The first kappa shape index (κ1) is 22.8. The number of anilines is 2. The van der Waals surface area contributed by atoms with E-state index in [1.54, 1.807) is 0 Å². The lowest BCUT2D eigenvalue weighted by Gasteiger charge is -2.41. The summed E-state index contributed by atoms with van der Waals surface area (Å²) in [5.74, 6) is -1.66. The van der Waals surface area contributed by atoms with Crippen LogP contribution >= 0.6 is 0 Å². The molecular weight excluding hydrogens is 448 g/mol. The van der Waals surface area contributed by atoms with E-state index in [1.807, 2.05) is 0 Å². The van der Waals surface area contributed by atoms with Crippen LogP contribution in [0.25, 0.3) is 0 Å². The molecule has 1 N–H and O–H groups in total.